The molecule has 0 spiro atoms. The monoisotopic (exact) mass is 301 g/mol. The van der Waals surface area contributed by atoms with Gasteiger partial charge in [-0.15, -0.1) is 0 Å². The molecule has 1 rings (SSSR count). The molecule has 1 aromatic rings. The lowest BCUT2D eigenvalue weighted by Crippen LogP contribution is -2.18. The van der Waals surface area contributed by atoms with Gasteiger partial charge in [0.2, 0.25) is 0 Å². The summed E-state index contributed by atoms with van der Waals surface area (Å²) in [6.45, 7) is 7.20. The van der Waals surface area contributed by atoms with Crippen LogP contribution in [0.3, 0.4) is 0 Å². The van der Waals surface area contributed by atoms with Crippen molar-refractivity contribution >= 4 is 11.6 Å². The minimum atomic E-state index is -0.418. The summed E-state index contributed by atoms with van der Waals surface area (Å²) in [4.78, 5) is 12.0. The molecule has 1 aromatic carbocycles. The standard InChI is InChI=1S/C17H23N3O2/c1-13(2)22-9-5-8-19-12-15(11-18)17(21)20-16-7-4-6-14(3)10-16/h4,6-7,10,12-13,19H,5,8-9H2,1-3H3,(H,20,21)/b15-12-. The number of ether oxygens (including phenoxy) is 1. The third-order valence-corrected chi connectivity index (χ3v) is 2.80. The second kappa shape index (κ2) is 9.59. The molecule has 0 fully saturated rings. The number of hydrogen-bond acceptors (Lipinski definition) is 4. The molecule has 0 aromatic heterocycles. The van der Waals surface area contributed by atoms with Gasteiger partial charge in [0.25, 0.3) is 5.91 Å². The molecule has 0 unspecified atom stereocenters. The van der Waals surface area contributed by atoms with Crippen molar-refractivity contribution in [3.63, 3.8) is 0 Å². The predicted molar refractivity (Wildman–Crippen MR) is 87.2 cm³/mol. The van der Waals surface area contributed by atoms with E-state index in [1.54, 1.807) is 6.07 Å². The Kier molecular flexibility index (Phi) is 7.73. The van der Waals surface area contributed by atoms with Gasteiger partial charge in [-0.1, -0.05) is 12.1 Å². The fourth-order valence-electron chi connectivity index (χ4n) is 1.74. The SMILES string of the molecule is Cc1cccc(NC(=O)/C(C#N)=C\NCCCOC(C)C)c1. The zero-order valence-electron chi connectivity index (χ0n) is 13.3. The summed E-state index contributed by atoms with van der Waals surface area (Å²) in [5.74, 6) is -0.418. The van der Waals surface area contributed by atoms with Gasteiger partial charge in [-0.25, -0.2) is 0 Å². The maximum absolute atomic E-state index is 12.0. The molecule has 0 saturated heterocycles. The van der Waals surface area contributed by atoms with E-state index in [4.69, 9.17) is 10.00 Å². The second-order valence-corrected chi connectivity index (χ2v) is 5.22. The van der Waals surface area contributed by atoms with E-state index >= 15 is 0 Å². The van der Waals surface area contributed by atoms with Gasteiger partial charge in [0.1, 0.15) is 11.6 Å². The van der Waals surface area contributed by atoms with Crippen LogP contribution < -0.4 is 10.6 Å². The van der Waals surface area contributed by atoms with E-state index in [9.17, 15) is 4.79 Å². The number of hydrogen-bond donors (Lipinski definition) is 2. The number of nitriles is 1. The molecule has 118 valence electrons. The summed E-state index contributed by atoms with van der Waals surface area (Å²) in [6, 6.07) is 9.34. The van der Waals surface area contributed by atoms with Gasteiger partial charge >= 0.3 is 0 Å². The minimum Gasteiger partial charge on any atom is -0.390 e. The fourth-order valence-corrected chi connectivity index (χ4v) is 1.74. The van der Waals surface area contributed by atoms with Gasteiger partial charge in [0, 0.05) is 25.0 Å². The Morgan fingerprint density at radius 2 is 2.23 bits per heavy atom. The van der Waals surface area contributed by atoms with E-state index in [0.29, 0.717) is 18.8 Å². The lowest BCUT2D eigenvalue weighted by molar-refractivity contribution is -0.112. The maximum atomic E-state index is 12.0. The van der Waals surface area contributed by atoms with Crippen LogP contribution in [0.25, 0.3) is 0 Å². The average molecular weight is 301 g/mol. The lowest BCUT2D eigenvalue weighted by Gasteiger charge is -2.07. The summed E-state index contributed by atoms with van der Waals surface area (Å²) in [7, 11) is 0. The number of nitrogens with zero attached hydrogens (tertiary/aromatic N) is 1. The first-order valence-electron chi connectivity index (χ1n) is 7.36. The quantitative estimate of drug-likeness (QED) is 0.440. The lowest BCUT2D eigenvalue weighted by atomic mass is 10.2. The van der Waals surface area contributed by atoms with Crippen molar-refractivity contribution < 1.29 is 9.53 Å². The highest BCUT2D eigenvalue weighted by molar-refractivity contribution is 6.06. The Morgan fingerprint density at radius 3 is 2.86 bits per heavy atom. The molecule has 5 heteroatoms. The van der Waals surface area contributed by atoms with Gasteiger partial charge in [0.15, 0.2) is 0 Å². The third kappa shape index (κ3) is 6.91. The van der Waals surface area contributed by atoms with E-state index < -0.39 is 5.91 Å². The van der Waals surface area contributed by atoms with Crippen LogP contribution in [-0.4, -0.2) is 25.2 Å². The van der Waals surface area contributed by atoms with E-state index in [1.807, 2.05) is 45.0 Å². The molecular formula is C17H23N3O2. The summed E-state index contributed by atoms with van der Waals surface area (Å²) in [5, 5.41) is 14.7. The molecule has 0 aliphatic rings. The third-order valence-electron chi connectivity index (χ3n) is 2.80. The van der Waals surface area contributed by atoms with E-state index in [1.165, 1.54) is 6.20 Å². The first-order valence-corrected chi connectivity index (χ1v) is 7.36. The highest BCUT2D eigenvalue weighted by Gasteiger charge is 2.08. The number of benzene rings is 1. The normalized spacial score (nSPS) is 11.1. The number of rotatable bonds is 8. The molecule has 5 nitrogen and oxygen atoms in total. The Labute approximate surface area is 132 Å². The van der Waals surface area contributed by atoms with E-state index in [0.717, 1.165) is 12.0 Å². The van der Waals surface area contributed by atoms with Crippen molar-refractivity contribution in [2.24, 2.45) is 0 Å². The van der Waals surface area contributed by atoms with Crippen LogP contribution >= 0.6 is 0 Å². The molecule has 0 bridgehead atoms. The Bertz CT molecular complexity index is 559. The van der Waals surface area contributed by atoms with Gasteiger partial charge in [-0.2, -0.15) is 5.26 Å². The minimum absolute atomic E-state index is 0.0475. The molecule has 0 atom stereocenters. The van der Waals surface area contributed by atoms with Crippen LogP contribution in [0.4, 0.5) is 5.69 Å². The van der Waals surface area contributed by atoms with Crippen molar-refractivity contribution in [2.75, 3.05) is 18.5 Å². The zero-order chi connectivity index (χ0) is 16.4. The molecule has 1 amide bonds. The molecule has 22 heavy (non-hydrogen) atoms. The van der Waals surface area contributed by atoms with E-state index in [-0.39, 0.29) is 11.7 Å². The van der Waals surface area contributed by atoms with Gasteiger partial charge in [0.05, 0.1) is 6.10 Å². The topological polar surface area (TPSA) is 74.2 Å². The summed E-state index contributed by atoms with van der Waals surface area (Å²) in [5.41, 5.74) is 1.77. The van der Waals surface area contributed by atoms with Crippen molar-refractivity contribution in [1.29, 1.82) is 5.26 Å². The van der Waals surface area contributed by atoms with Gasteiger partial charge in [-0.3, -0.25) is 4.79 Å². The molecule has 0 heterocycles. The highest BCUT2D eigenvalue weighted by Crippen LogP contribution is 2.10. The van der Waals surface area contributed by atoms with Crippen LogP contribution in [0.15, 0.2) is 36.0 Å². The first-order chi connectivity index (χ1) is 10.5. The second-order valence-electron chi connectivity index (χ2n) is 5.22. The summed E-state index contributed by atoms with van der Waals surface area (Å²) >= 11 is 0. The number of carbonyl (C=O) groups excluding carboxylic acids is 1. The van der Waals surface area contributed by atoms with Crippen LogP contribution in [0.5, 0.6) is 0 Å². The number of carbonyl (C=O) groups is 1. The highest BCUT2D eigenvalue weighted by atomic mass is 16.5. The van der Waals surface area contributed by atoms with Crippen molar-refractivity contribution in [3.05, 3.63) is 41.6 Å². The van der Waals surface area contributed by atoms with Crippen LogP contribution in [0, 0.1) is 18.3 Å². The van der Waals surface area contributed by atoms with Crippen molar-refractivity contribution in [1.82, 2.24) is 5.32 Å². The van der Waals surface area contributed by atoms with Crippen LogP contribution in [0.2, 0.25) is 0 Å². The summed E-state index contributed by atoms with van der Waals surface area (Å²) in [6.07, 6.45) is 2.47. The maximum Gasteiger partial charge on any atom is 0.267 e. The molecule has 0 saturated carbocycles. The Hall–Kier alpha value is -2.32. The summed E-state index contributed by atoms with van der Waals surface area (Å²) < 4.78 is 5.41. The molecule has 2 N–H and O–H groups in total. The largest absolute Gasteiger partial charge is 0.390 e. The number of amides is 1. The van der Waals surface area contributed by atoms with Crippen LogP contribution in [-0.2, 0) is 9.53 Å². The zero-order valence-corrected chi connectivity index (χ0v) is 13.3. The first kappa shape index (κ1) is 17.7. The molecule has 0 aliphatic carbocycles. The molecule has 0 radical (unpaired) electrons. The average Bonchev–Trinajstić information content (AvgIpc) is 2.46. The number of nitrogens with one attached hydrogen (secondary N) is 2. The van der Waals surface area contributed by atoms with Gasteiger partial charge < -0.3 is 15.4 Å². The van der Waals surface area contributed by atoms with Crippen molar-refractivity contribution in [2.45, 2.75) is 33.3 Å². The smallest absolute Gasteiger partial charge is 0.267 e. The number of anilines is 1. The Morgan fingerprint density at radius 1 is 1.45 bits per heavy atom. The van der Waals surface area contributed by atoms with Crippen molar-refractivity contribution in [3.8, 4) is 6.07 Å². The fraction of sp³-hybridized carbons (Fsp3) is 0.412. The predicted octanol–water partition coefficient (Wildman–Crippen LogP) is 2.75. The molecular weight excluding hydrogens is 278 g/mol. The van der Waals surface area contributed by atoms with Gasteiger partial charge in [-0.05, 0) is 44.9 Å². The molecule has 0 aliphatic heterocycles. The number of aryl methyl sites for hydroxylation is 1. The Balaban J connectivity index is 2.44. The van der Waals surface area contributed by atoms with Crippen LogP contribution in [0.1, 0.15) is 25.8 Å². The van der Waals surface area contributed by atoms with E-state index in [2.05, 4.69) is 10.6 Å².